The molecule has 1 radical (unpaired) electrons. The van der Waals surface area contributed by atoms with Crippen LogP contribution in [0.25, 0.3) is 10.2 Å². The van der Waals surface area contributed by atoms with Crippen molar-refractivity contribution in [2.75, 3.05) is 6.61 Å². The lowest BCUT2D eigenvalue weighted by molar-refractivity contribution is 0.330. The largest absolute Gasteiger partial charge is 0.490 e. The molecule has 79 valence electrons. The molecule has 0 bridgehead atoms. The second-order valence-electron chi connectivity index (χ2n) is 2.94. The maximum Gasteiger partial charge on any atom is 0.184 e. The van der Waals surface area contributed by atoms with Crippen LogP contribution < -0.4 is 4.74 Å². The van der Waals surface area contributed by atoms with Crippen molar-refractivity contribution < 1.29 is 9.13 Å². The molecule has 15 heavy (non-hydrogen) atoms. The minimum absolute atomic E-state index is 0.237. The summed E-state index contributed by atoms with van der Waals surface area (Å²) in [5.74, 6) is -0.174. The summed E-state index contributed by atoms with van der Waals surface area (Å²) in [4.78, 5) is 3.98. The molecule has 0 fully saturated rings. The topological polar surface area (TPSA) is 22.1 Å². The summed E-state index contributed by atoms with van der Waals surface area (Å²) in [6, 6.07) is 2.96. The summed E-state index contributed by atoms with van der Waals surface area (Å²) in [5.41, 5.74) is 0.565. The van der Waals surface area contributed by atoms with Crippen molar-refractivity contribution in [1.82, 2.24) is 4.98 Å². The van der Waals surface area contributed by atoms with Gasteiger partial charge in [-0.25, -0.2) is 9.37 Å². The lowest BCUT2D eigenvalue weighted by Gasteiger charge is -2.04. The van der Waals surface area contributed by atoms with Gasteiger partial charge in [-0.1, -0.05) is 18.5 Å². The van der Waals surface area contributed by atoms with Gasteiger partial charge in [-0.3, -0.25) is 0 Å². The van der Waals surface area contributed by atoms with E-state index in [2.05, 4.69) is 4.98 Å². The molecular weight excluding hydrogens is 237 g/mol. The van der Waals surface area contributed by atoms with Gasteiger partial charge in [0.1, 0.15) is 0 Å². The van der Waals surface area contributed by atoms with Crippen molar-refractivity contribution in [2.45, 2.75) is 6.92 Å². The first kappa shape index (κ1) is 10.6. The van der Waals surface area contributed by atoms with Crippen LogP contribution in [0.2, 0.25) is 4.47 Å². The molecule has 2 rings (SSSR count). The molecule has 0 saturated carbocycles. The molecule has 0 N–H and O–H groups in total. The Morgan fingerprint density at radius 1 is 1.60 bits per heavy atom. The van der Waals surface area contributed by atoms with Crippen LogP contribution in [-0.4, -0.2) is 11.6 Å². The normalized spacial score (nSPS) is 10.9. The van der Waals surface area contributed by atoms with Gasteiger partial charge in [0.2, 0.25) is 0 Å². The highest BCUT2D eigenvalue weighted by molar-refractivity contribution is 7.22. The quantitative estimate of drug-likeness (QED) is 0.822. The van der Waals surface area contributed by atoms with Gasteiger partial charge in [-0.2, -0.15) is 0 Å². The summed E-state index contributed by atoms with van der Waals surface area (Å²) >= 11 is 7.04. The predicted molar refractivity (Wildman–Crippen MR) is 60.1 cm³/mol. The lowest BCUT2D eigenvalue weighted by Crippen LogP contribution is -1.97. The maximum absolute atomic E-state index is 13.4. The maximum atomic E-state index is 13.4. The van der Waals surface area contributed by atoms with Crippen molar-refractivity contribution in [1.29, 1.82) is 0 Å². The number of fused-ring (bicyclic) bond motifs is 1. The van der Waals surface area contributed by atoms with Gasteiger partial charge in [-0.15, -0.1) is 11.3 Å². The van der Waals surface area contributed by atoms with E-state index in [9.17, 15) is 4.39 Å². The number of nitrogens with zero attached hydrogens (tertiary/aromatic N) is 1. The first-order chi connectivity index (χ1) is 7.20. The van der Waals surface area contributed by atoms with Crippen LogP contribution in [0.4, 0.5) is 4.39 Å². The number of benzene rings is 1. The highest BCUT2D eigenvalue weighted by atomic mass is 35.5. The number of halogens is 2. The van der Waals surface area contributed by atoms with E-state index in [1.165, 1.54) is 17.4 Å². The zero-order valence-corrected chi connectivity index (χ0v) is 9.53. The van der Waals surface area contributed by atoms with Gasteiger partial charge in [0.25, 0.3) is 0 Å². The van der Waals surface area contributed by atoms with Gasteiger partial charge in [0.05, 0.1) is 16.8 Å². The van der Waals surface area contributed by atoms with Gasteiger partial charge in [0, 0.05) is 12.1 Å². The van der Waals surface area contributed by atoms with Crippen molar-refractivity contribution in [3.63, 3.8) is 0 Å². The van der Waals surface area contributed by atoms with Crippen LogP contribution in [0, 0.1) is 12.2 Å². The van der Waals surface area contributed by atoms with Crippen molar-refractivity contribution >= 4 is 33.2 Å². The molecule has 0 saturated heterocycles. The molecule has 2 nitrogen and oxygen atoms in total. The Hall–Kier alpha value is -0.870. The molecule has 0 aliphatic rings. The smallest absolute Gasteiger partial charge is 0.184 e. The first-order valence-electron chi connectivity index (χ1n) is 4.37. The Balaban J connectivity index is 2.42. The van der Waals surface area contributed by atoms with Crippen LogP contribution >= 0.6 is 22.9 Å². The number of thiazole rings is 1. The average molecular weight is 245 g/mol. The van der Waals surface area contributed by atoms with Crippen LogP contribution in [0.5, 0.6) is 5.75 Å². The summed E-state index contributed by atoms with van der Waals surface area (Å²) in [7, 11) is 0. The number of hydrogen-bond acceptors (Lipinski definition) is 3. The molecule has 0 amide bonds. The zero-order valence-electron chi connectivity index (χ0n) is 7.96. The zero-order chi connectivity index (χ0) is 10.8. The minimum atomic E-state index is -0.411. The van der Waals surface area contributed by atoms with E-state index in [0.717, 1.165) is 4.70 Å². The molecular formula is C10H8ClFNOS. The summed E-state index contributed by atoms with van der Waals surface area (Å²) in [6.45, 7) is 2.23. The third-order valence-corrected chi connectivity index (χ3v) is 2.94. The van der Waals surface area contributed by atoms with Gasteiger partial charge in [0.15, 0.2) is 16.0 Å². The molecule has 5 heteroatoms. The van der Waals surface area contributed by atoms with Crippen LogP contribution in [0.15, 0.2) is 12.1 Å². The fourth-order valence-corrected chi connectivity index (χ4v) is 2.23. The summed E-state index contributed by atoms with van der Waals surface area (Å²) in [5, 5.41) is 0. The van der Waals surface area contributed by atoms with Gasteiger partial charge in [-0.05, 0) is 6.42 Å². The lowest BCUT2D eigenvalue weighted by atomic mass is 10.3. The standard InChI is InChI=1S/C10H8ClFNOS/c1-2-3-14-8-5-9-7(4-6(8)12)13-10(11)15-9/h2,4-5H,3H2,1H3. The Morgan fingerprint density at radius 2 is 2.40 bits per heavy atom. The minimum Gasteiger partial charge on any atom is -0.490 e. The number of ether oxygens (including phenoxy) is 1. The Morgan fingerprint density at radius 3 is 3.13 bits per heavy atom. The molecule has 2 aromatic rings. The molecule has 0 aliphatic carbocycles. The highest BCUT2D eigenvalue weighted by Gasteiger charge is 2.09. The number of aromatic nitrogens is 1. The van der Waals surface area contributed by atoms with E-state index in [1.807, 2.05) is 13.3 Å². The number of hydrogen-bond donors (Lipinski definition) is 0. The van der Waals surface area contributed by atoms with Crippen LogP contribution in [0.1, 0.15) is 6.92 Å². The molecule has 1 aromatic carbocycles. The van der Waals surface area contributed by atoms with Crippen molar-refractivity contribution in [2.24, 2.45) is 0 Å². The van der Waals surface area contributed by atoms with E-state index in [-0.39, 0.29) is 5.75 Å². The van der Waals surface area contributed by atoms with E-state index >= 15 is 0 Å². The molecule has 0 spiro atoms. The van der Waals surface area contributed by atoms with E-state index in [4.69, 9.17) is 16.3 Å². The Labute approximate surface area is 95.7 Å². The molecule has 1 heterocycles. The Kier molecular flexibility index (Phi) is 3.07. The average Bonchev–Trinajstić information content (AvgIpc) is 2.53. The number of rotatable bonds is 3. The summed E-state index contributed by atoms with van der Waals surface area (Å²) < 4.78 is 19.9. The third kappa shape index (κ3) is 2.21. The van der Waals surface area contributed by atoms with Crippen molar-refractivity contribution in [3.05, 3.63) is 28.8 Å². The van der Waals surface area contributed by atoms with Gasteiger partial charge >= 0.3 is 0 Å². The molecule has 0 atom stereocenters. The van der Waals surface area contributed by atoms with Crippen LogP contribution in [0.3, 0.4) is 0 Å². The van der Waals surface area contributed by atoms with E-state index < -0.39 is 5.82 Å². The van der Waals surface area contributed by atoms with Crippen molar-refractivity contribution in [3.8, 4) is 5.75 Å². The fourth-order valence-electron chi connectivity index (χ4n) is 1.19. The monoisotopic (exact) mass is 244 g/mol. The summed E-state index contributed by atoms with van der Waals surface area (Å²) in [6.07, 6.45) is 1.81. The third-order valence-electron chi connectivity index (χ3n) is 1.82. The first-order valence-corrected chi connectivity index (χ1v) is 5.56. The van der Waals surface area contributed by atoms with Crippen LogP contribution in [-0.2, 0) is 0 Å². The predicted octanol–water partition coefficient (Wildman–Crippen LogP) is 3.69. The molecule has 0 aliphatic heterocycles. The SMILES string of the molecule is C[CH]COc1cc2sc(Cl)nc2cc1F. The molecule has 1 aromatic heterocycles. The molecule has 0 unspecified atom stereocenters. The van der Waals surface area contributed by atoms with Gasteiger partial charge < -0.3 is 4.74 Å². The van der Waals surface area contributed by atoms with E-state index in [1.54, 1.807) is 6.07 Å². The second kappa shape index (κ2) is 4.33. The van der Waals surface area contributed by atoms with E-state index in [0.29, 0.717) is 16.6 Å². The fraction of sp³-hybridized carbons (Fsp3) is 0.200. The second-order valence-corrected chi connectivity index (χ2v) is 4.55. The highest BCUT2D eigenvalue weighted by Crippen LogP contribution is 2.31. The Bertz CT molecular complexity index is 485.